The van der Waals surface area contributed by atoms with Crippen molar-refractivity contribution < 1.29 is 8.42 Å². The van der Waals surface area contributed by atoms with Gasteiger partial charge in [0.1, 0.15) is 0 Å². The van der Waals surface area contributed by atoms with Crippen LogP contribution in [0.2, 0.25) is 0 Å². The fourth-order valence-electron chi connectivity index (χ4n) is 2.18. The molecule has 0 atom stereocenters. The van der Waals surface area contributed by atoms with Crippen molar-refractivity contribution in [3.63, 3.8) is 0 Å². The molecule has 0 bridgehead atoms. The van der Waals surface area contributed by atoms with Crippen LogP contribution in [0.15, 0.2) is 47.4 Å². The first kappa shape index (κ1) is 17.4. The van der Waals surface area contributed by atoms with Crippen LogP contribution in [0.3, 0.4) is 0 Å². The molecule has 0 aliphatic rings. The number of rotatable bonds is 4. The molecule has 0 heterocycles. The molecule has 2 rings (SSSR count). The summed E-state index contributed by atoms with van der Waals surface area (Å²) in [6.45, 7) is 4.05. The monoisotopic (exact) mass is 349 g/mol. The Morgan fingerprint density at radius 2 is 1.43 bits per heavy atom. The number of hydrogen-bond acceptors (Lipinski definition) is 3. The SMILES string of the molecule is CNS(=O)(=O)c1ccc(NC(=S)Nc2cc(C)cc(C)c2)cc1. The lowest BCUT2D eigenvalue weighted by atomic mass is 10.1. The third-order valence-electron chi connectivity index (χ3n) is 3.17. The molecular formula is C16H19N3O2S2. The molecule has 2 aromatic rings. The molecule has 23 heavy (non-hydrogen) atoms. The first-order valence-electron chi connectivity index (χ1n) is 7.00. The van der Waals surface area contributed by atoms with Gasteiger partial charge in [-0.1, -0.05) is 6.07 Å². The number of aryl methyl sites for hydroxylation is 2. The van der Waals surface area contributed by atoms with Gasteiger partial charge in [-0.3, -0.25) is 0 Å². The summed E-state index contributed by atoms with van der Waals surface area (Å²) in [5, 5.41) is 6.59. The molecular weight excluding hydrogens is 330 g/mol. The minimum atomic E-state index is -3.43. The van der Waals surface area contributed by atoms with Crippen LogP contribution in [0.4, 0.5) is 11.4 Å². The average molecular weight is 349 g/mol. The Bertz CT molecular complexity index is 795. The number of nitrogens with one attached hydrogen (secondary N) is 3. The van der Waals surface area contributed by atoms with Gasteiger partial charge in [0, 0.05) is 11.4 Å². The molecule has 0 saturated heterocycles. The van der Waals surface area contributed by atoms with E-state index in [1.807, 2.05) is 26.0 Å². The Hall–Kier alpha value is -1.96. The topological polar surface area (TPSA) is 70.2 Å². The summed E-state index contributed by atoms with van der Waals surface area (Å²) < 4.78 is 25.6. The van der Waals surface area contributed by atoms with Crippen molar-refractivity contribution in [2.75, 3.05) is 17.7 Å². The van der Waals surface area contributed by atoms with Gasteiger partial charge in [0.05, 0.1) is 4.90 Å². The number of hydrogen-bond donors (Lipinski definition) is 3. The van der Waals surface area contributed by atoms with Crippen molar-refractivity contribution in [2.45, 2.75) is 18.7 Å². The van der Waals surface area contributed by atoms with Gasteiger partial charge in [-0.2, -0.15) is 0 Å². The van der Waals surface area contributed by atoms with Gasteiger partial charge in [-0.05, 0) is 80.6 Å². The van der Waals surface area contributed by atoms with Crippen LogP contribution in [0.25, 0.3) is 0 Å². The molecule has 0 unspecified atom stereocenters. The van der Waals surface area contributed by atoms with E-state index in [1.54, 1.807) is 12.1 Å². The lowest BCUT2D eigenvalue weighted by Crippen LogP contribution is -2.20. The first-order valence-corrected chi connectivity index (χ1v) is 8.89. The van der Waals surface area contributed by atoms with Crippen LogP contribution in [0.1, 0.15) is 11.1 Å². The van der Waals surface area contributed by atoms with Gasteiger partial charge in [-0.15, -0.1) is 0 Å². The Labute approximate surface area is 142 Å². The normalized spacial score (nSPS) is 11.1. The summed E-state index contributed by atoms with van der Waals surface area (Å²) in [7, 11) is -2.05. The lowest BCUT2D eigenvalue weighted by Gasteiger charge is -2.12. The highest BCUT2D eigenvalue weighted by Gasteiger charge is 2.10. The molecule has 3 N–H and O–H groups in total. The van der Waals surface area contributed by atoms with Crippen molar-refractivity contribution in [3.8, 4) is 0 Å². The van der Waals surface area contributed by atoms with Gasteiger partial charge in [0.2, 0.25) is 10.0 Å². The maximum Gasteiger partial charge on any atom is 0.240 e. The summed E-state index contributed by atoms with van der Waals surface area (Å²) in [5.41, 5.74) is 3.92. The standard InChI is InChI=1S/C16H19N3O2S2/c1-11-8-12(2)10-14(9-11)19-16(22)18-13-4-6-15(7-5-13)23(20,21)17-3/h4-10,17H,1-3H3,(H2,18,19,22). The molecule has 0 amide bonds. The van der Waals surface area contributed by atoms with Crippen molar-refractivity contribution in [3.05, 3.63) is 53.6 Å². The van der Waals surface area contributed by atoms with Gasteiger partial charge in [0.25, 0.3) is 0 Å². The molecule has 0 saturated carbocycles. The molecule has 0 fully saturated rings. The second-order valence-corrected chi connectivity index (χ2v) is 7.48. The Morgan fingerprint density at radius 1 is 0.913 bits per heavy atom. The average Bonchev–Trinajstić information content (AvgIpc) is 2.46. The van der Waals surface area contributed by atoms with Crippen molar-refractivity contribution >= 4 is 38.7 Å². The maximum atomic E-state index is 11.7. The van der Waals surface area contributed by atoms with Gasteiger partial charge in [-0.25, -0.2) is 13.1 Å². The van der Waals surface area contributed by atoms with Crippen molar-refractivity contribution in [1.82, 2.24) is 4.72 Å². The highest BCUT2D eigenvalue weighted by Crippen LogP contribution is 2.16. The van der Waals surface area contributed by atoms with E-state index in [9.17, 15) is 8.42 Å². The highest BCUT2D eigenvalue weighted by atomic mass is 32.2. The fourth-order valence-corrected chi connectivity index (χ4v) is 3.14. The molecule has 0 spiro atoms. The predicted octanol–water partition coefficient (Wildman–Crippen LogP) is 3.02. The molecule has 0 radical (unpaired) electrons. The predicted molar refractivity (Wildman–Crippen MR) is 98.4 cm³/mol. The lowest BCUT2D eigenvalue weighted by molar-refractivity contribution is 0.588. The van der Waals surface area contributed by atoms with Gasteiger partial charge in [0.15, 0.2) is 5.11 Å². The maximum absolute atomic E-state index is 11.7. The highest BCUT2D eigenvalue weighted by molar-refractivity contribution is 7.89. The minimum absolute atomic E-state index is 0.207. The number of thiocarbonyl (C=S) groups is 1. The van der Waals surface area contributed by atoms with E-state index in [2.05, 4.69) is 21.4 Å². The van der Waals surface area contributed by atoms with Gasteiger partial charge < -0.3 is 10.6 Å². The second-order valence-electron chi connectivity index (χ2n) is 5.19. The smallest absolute Gasteiger partial charge is 0.240 e. The van der Waals surface area contributed by atoms with E-state index in [0.29, 0.717) is 10.8 Å². The summed E-state index contributed by atoms with van der Waals surface area (Å²) >= 11 is 5.28. The third kappa shape index (κ3) is 4.75. The van der Waals surface area contributed by atoms with E-state index >= 15 is 0 Å². The fraction of sp³-hybridized carbons (Fsp3) is 0.188. The van der Waals surface area contributed by atoms with Crippen LogP contribution in [0, 0.1) is 13.8 Å². The Kier molecular flexibility index (Phi) is 5.35. The zero-order valence-electron chi connectivity index (χ0n) is 13.2. The van der Waals surface area contributed by atoms with Crippen molar-refractivity contribution in [1.29, 1.82) is 0 Å². The summed E-state index contributed by atoms with van der Waals surface area (Å²) in [6, 6.07) is 12.5. The minimum Gasteiger partial charge on any atom is -0.332 e. The Balaban J connectivity index is 2.06. The molecule has 5 nitrogen and oxygen atoms in total. The molecule has 2 aromatic carbocycles. The van der Waals surface area contributed by atoms with E-state index in [0.717, 1.165) is 16.8 Å². The summed E-state index contributed by atoms with van der Waals surface area (Å²) in [4.78, 5) is 0.207. The third-order valence-corrected chi connectivity index (χ3v) is 4.81. The zero-order valence-corrected chi connectivity index (χ0v) is 14.8. The number of anilines is 2. The van der Waals surface area contributed by atoms with Crippen LogP contribution >= 0.6 is 12.2 Å². The van der Waals surface area contributed by atoms with Crippen molar-refractivity contribution in [2.24, 2.45) is 0 Å². The molecule has 0 aromatic heterocycles. The van der Waals surface area contributed by atoms with Crippen LogP contribution in [-0.4, -0.2) is 20.6 Å². The number of sulfonamides is 1. The molecule has 7 heteroatoms. The quantitative estimate of drug-likeness (QED) is 0.740. The van der Waals surface area contributed by atoms with Crippen LogP contribution in [0.5, 0.6) is 0 Å². The Morgan fingerprint density at radius 3 is 1.96 bits per heavy atom. The first-order chi connectivity index (χ1) is 10.8. The number of benzene rings is 2. The summed E-state index contributed by atoms with van der Waals surface area (Å²) in [6.07, 6.45) is 0. The zero-order chi connectivity index (χ0) is 17.0. The van der Waals surface area contributed by atoms with E-state index in [1.165, 1.54) is 19.2 Å². The van der Waals surface area contributed by atoms with E-state index < -0.39 is 10.0 Å². The molecule has 0 aliphatic carbocycles. The second kappa shape index (κ2) is 7.08. The van der Waals surface area contributed by atoms with E-state index in [4.69, 9.17) is 12.2 Å². The van der Waals surface area contributed by atoms with E-state index in [-0.39, 0.29) is 4.90 Å². The van der Waals surface area contributed by atoms with Crippen LogP contribution in [-0.2, 0) is 10.0 Å². The van der Waals surface area contributed by atoms with Gasteiger partial charge >= 0.3 is 0 Å². The van der Waals surface area contributed by atoms with Crippen LogP contribution < -0.4 is 15.4 Å². The largest absolute Gasteiger partial charge is 0.332 e. The summed E-state index contributed by atoms with van der Waals surface area (Å²) in [5.74, 6) is 0. The molecule has 122 valence electrons. The molecule has 0 aliphatic heterocycles.